The summed E-state index contributed by atoms with van der Waals surface area (Å²) in [5, 5.41) is 14.8. The molecular weight excluding hydrogens is 334 g/mol. The summed E-state index contributed by atoms with van der Waals surface area (Å²) in [6.45, 7) is 0. The van der Waals surface area contributed by atoms with Crippen molar-refractivity contribution >= 4 is 17.9 Å². The number of carbonyl (C=O) groups excluding carboxylic acids is 2. The predicted molar refractivity (Wildman–Crippen MR) is 97.5 cm³/mol. The Hall–Kier alpha value is -2.57. The molecule has 0 saturated heterocycles. The Morgan fingerprint density at radius 1 is 1.12 bits per heavy atom. The first-order valence-electron chi connectivity index (χ1n) is 8.91. The Morgan fingerprint density at radius 3 is 2.27 bits per heavy atom. The Kier molecular flexibility index (Phi) is 7.00. The maximum atomic E-state index is 12.4. The van der Waals surface area contributed by atoms with Gasteiger partial charge in [0.2, 0.25) is 5.91 Å². The highest BCUT2D eigenvalue weighted by Crippen LogP contribution is 2.24. The van der Waals surface area contributed by atoms with Crippen molar-refractivity contribution in [1.29, 1.82) is 0 Å². The SMILES string of the molecule is CN(C)C(=O)CC(NC(=O)NC1CCC(C(=O)O)CC1)c1ccccc1. The first kappa shape index (κ1) is 19.8. The molecule has 1 aliphatic carbocycles. The van der Waals surface area contributed by atoms with Gasteiger partial charge in [-0.1, -0.05) is 30.3 Å². The number of carboxylic acid groups (broad SMARTS) is 1. The standard InChI is InChI=1S/C19H27N3O4/c1-22(2)17(23)12-16(13-6-4-3-5-7-13)21-19(26)20-15-10-8-14(9-11-15)18(24)25/h3-7,14-16H,8-12H2,1-2H3,(H,24,25)(H2,20,21,26). The second-order valence-corrected chi connectivity index (χ2v) is 6.96. The fourth-order valence-electron chi connectivity index (χ4n) is 3.16. The third kappa shape index (κ3) is 5.75. The number of nitrogens with zero attached hydrogens (tertiary/aromatic N) is 1. The van der Waals surface area contributed by atoms with Crippen LogP contribution in [0.2, 0.25) is 0 Å². The van der Waals surface area contributed by atoms with Crippen LogP contribution in [0.3, 0.4) is 0 Å². The highest BCUT2D eigenvalue weighted by atomic mass is 16.4. The van der Waals surface area contributed by atoms with E-state index in [0.29, 0.717) is 25.7 Å². The number of benzene rings is 1. The van der Waals surface area contributed by atoms with E-state index < -0.39 is 12.0 Å². The van der Waals surface area contributed by atoms with Crippen LogP contribution in [0.15, 0.2) is 30.3 Å². The van der Waals surface area contributed by atoms with Gasteiger partial charge in [-0.2, -0.15) is 0 Å². The van der Waals surface area contributed by atoms with Gasteiger partial charge in [-0.25, -0.2) is 4.79 Å². The van der Waals surface area contributed by atoms with Crippen molar-refractivity contribution in [2.45, 2.75) is 44.2 Å². The molecule has 7 nitrogen and oxygen atoms in total. The van der Waals surface area contributed by atoms with E-state index in [4.69, 9.17) is 5.11 Å². The van der Waals surface area contributed by atoms with Crippen LogP contribution in [0.4, 0.5) is 4.79 Å². The molecule has 0 radical (unpaired) electrons. The number of carboxylic acids is 1. The van der Waals surface area contributed by atoms with Crippen LogP contribution in [0.25, 0.3) is 0 Å². The Balaban J connectivity index is 1.94. The Bertz CT molecular complexity index is 625. The second kappa shape index (κ2) is 9.22. The maximum absolute atomic E-state index is 12.4. The van der Waals surface area contributed by atoms with Gasteiger partial charge in [-0.3, -0.25) is 9.59 Å². The summed E-state index contributed by atoms with van der Waals surface area (Å²) < 4.78 is 0. The summed E-state index contributed by atoms with van der Waals surface area (Å²) in [7, 11) is 3.37. The minimum Gasteiger partial charge on any atom is -0.481 e. The van der Waals surface area contributed by atoms with Crippen LogP contribution in [-0.2, 0) is 9.59 Å². The summed E-state index contributed by atoms with van der Waals surface area (Å²) in [4.78, 5) is 37.0. The van der Waals surface area contributed by atoms with Crippen molar-refractivity contribution in [3.8, 4) is 0 Å². The molecule has 0 aromatic heterocycles. The molecule has 1 aliphatic rings. The lowest BCUT2D eigenvalue weighted by atomic mass is 9.86. The summed E-state index contributed by atoms with van der Waals surface area (Å²) in [5.74, 6) is -1.15. The first-order chi connectivity index (χ1) is 12.4. The number of rotatable bonds is 6. The number of hydrogen-bond acceptors (Lipinski definition) is 3. The van der Waals surface area contributed by atoms with Gasteiger partial charge in [-0.15, -0.1) is 0 Å². The Morgan fingerprint density at radius 2 is 1.73 bits per heavy atom. The molecule has 1 unspecified atom stereocenters. The van der Waals surface area contributed by atoms with Gasteiger partial charge in [0.1, 0.15) is 0 Å². The fourth-order valence-corrected chi connectivity index (χ4v) is 3.16. The first-order valence-corrected chi connectivity index (χ1v) is 8.91. The molecule has 26 heavy (non-hydrogen) atoms. The normalized spacial score (nSPS) is 20.7. The number of amides is 3. The van der Waals surface area contributed by atoms with Gasteiger partial charge >= 0.3 is 12.0 Å². The van der Waals surface area contributed by atoms with Crippen LogP contribution in [0.1, 0.15) is 43.7 Å². The highest BCUT2D eigenvalue weighted by molar-refractivity contribution is 5.79. The average Bonchev–Trinajstić information content (AvgIpc) is 2.62. The predicted octanol–water partition coefficient (Wildman–Crippen LogP) is 2.15. The monoisotopic (exact) mass is 361 g/mol. The van der Waals surface area contributed by atoms with Crippen molar-refractivity contribution < 1.29 is 19.5 Å². The molecule has 1 fully saturated rings. The third-order valence-corrected chi connectivity index (χ3v) is 4.80. The van der Waals surface area contributed by atoms with Crippen molar-refractivity contribution in [2.24, 2.45) is 5.92 Å². The second-order valence-electron chi connectivity index (χ2n) is 6.96. The molecule has 142 valence electrons. The van der Waals surface area contributed by atoms with E-state index in [1.807, 2.05) is 30.3 Å². The van der Waals surface area contributed by atoms with E-state index in [9.17, 15) is 14.4 Å². The zero-order valence-electron chi connectivity index (χ0n) is 15.3. The quantitative estimate of drug-likeness (QED) is 0.723. The van der Waals surface area contributed by atoms with Gasteiger partial charge in [0, 0.05) is 20.1 Å². The maximum Gasteiger partial charge on any atom is 0.315 e. The lowest BCUT2D eigenvalue weighted by molar-refractivity contribution is -0.142. The average molecular weight is 361 g/mol. The summed E-state index contributed by atoms with van der Waals surface area (Å²) in [6.07, 6.45) is 2.62. The van der Waals surface area contributed by atoms with Crippen LogP contribution < -0.4 is 10.6 Å². The molecule has 7 heteroatoms. The van der Waals surface area contributed by atoms with E-state index in [2.05, 4.69) is 10.6 Å². The molecular formula is C19H27N3O4. The Labute approximate surface area is 153 Å². The zero-order valence-corrected chi connectivity index (χ0v) is 15.3. The van der Waals surface area contributed by atoms with Gasteiger partial charge in [-0.05, 0) is 31.2 Å². The van der Waals surface area contributed by atoms with Crippen molar-refractivity contribution in [3.05, 3.63) is 35.9 Å². The van der Waals surface area contributed by atoms with Crippen LogP contribution >= 0.6 is 0 Å². The van der Waals surface area contributed by atoms with Crippen LogP contribution in [0.5, 0.6) is 0 Å². The third-order valence-electron chi connectivity index (χ3n) is 4.80. The van der Waals surface area contributed by atoms with Gasteiger partial charge in [0.15, 0.2) is 0 Å². The molecule has 1 aromatic carbocycles. The number of urea groups is 1. The molecule has 0 bridgehead atoms. The molecule has 3 amide bonds. The van der Waals surface area contributed by atoms with E-state index in [-0.39, 0.29) is 30.3 Å². The lowest BCUT2D eigenvalue weighted by Gasteiger charge is -2.28. The molecule has 1 atom stereocenters. The van der Waals surface area contributed by atoms with E-state index in [1.165, 1.54) is 4.90 Å². The molecule has 1 saturated carbocycles. The largest absolute Gasteiger partial charge is 0.481 e. The molecule has 3 N–H and O–H groups in total. The minimum atomic E-state index is -0.765. The summed E-state index contributed by atoms with van der Waals surface area (Å²) >= 11 is 0. The van der Waals surface area contributed by atoms with E-state index >= 15 is 0 Å². The summed E-state index contributed by atoms with van der Waals surface area (Å²) in [5.41, 5.74) is 0.868. The fraction of sp³-hybridized carbons (Fsp3) is 0.526. The summed E-state index contributed by atoms with van der Waals surface area (Å²) in [6, 6.07) is 8.61. The lowest BCUT2D eigenvalue weighted by Crippen LogP contribution is -2.46. The molecule has 1 aromatic rings. The van der Waals surface area contributed by atoms with Crippen LogP contribution in [0, 0.1) is 5.92 Å². The topological polar surface area (TPSA) is 98.7 Å². The minimum absolute atomic E-state index is 0.0356. The van der Waals surface area contributed by atoms with E-state index in [0.717, 1.165) is 5.56 Å². The number of aliphatic carboxylic acids is 1. The van der Waals surface area contributed by atoms with Crippen molar-refractivity contribution in [2.75, 3.05) is 14.1 Å². The van der Waals surface area contributed by atoms with Gasteiger partial charge in [0.05, 0.1) is 18.4 Å². The number of nitrogens with one attached hydrogen (secondary N) is 2. The van der Waals surface area contributed by atoms with Gasteiger partial charge < -0.3 is 20.6 Å². The number of carbonyl (C=O) groups is 3. The molecule has 0 heterocycles. The van der Waals surface area contributed by atoms with Gasteiger partial charge in [0.25, 0.3) is 0 Å². The molecule has 0 aliphatic heterocycles. The number of hydrogen-bond donors (Lipinski definition) is 3. The van der Waals surface area contributed by atoms with Crippen molar-refractivity contribution in [3.63, 3.8) is 0 Å². The zero-order chi connectivity index (χ0) is 19.1. The highest BCUT2D eigenvalue weighted by Gasteiger charge is 2.27. The van der Waals surface area contributed by atoms with Crippen molar-refractivity contribution in [1.82, 2.24) is 15.5 Å². The van der Waals surface area contributed by atoms with Crippen LogP contribution in [-0.4, -0.2) is 48.1 Å². The molecule has 0 spiro atoms. The smallest absolute Gasteiger partial charge is 0.315 e. The van der Waals surface area contributed by atoms with E-state index in [1.54, 1.807) is 14.1 Å². The molecule has 2 rings (SSSR count).